The fourth-order valence-corrected chi connectivity index (χ4v) is 3.54. The molecule has 4 aromatic rings. The summed E-state index contributed by atoms with van der Waals surface area (Å²) in [6.45, 7) is 3.85. The molecule has 1 N–H and O–H groups in total. The number of carbonyl (C=O) groups is 1. The Morgan fingerprint density at radius 3 is 2.44 bits per heavy atom. The molecular formula is C27H26FN3O3. The first-order valence-electron chi connectivity index (χ1n) is 11.1. The van der Waals surface area contributed by atoms with Crippen LogP contribution in [-0.4, -0.2) is 22.3 Å². The lowest BCUT2D eigenvalue weighted by atomic mass is 10.1. The number of ether oxygens (including phenoxy) is 1. The van der Waals surface area contributed by atoms with Gasteiger partial charge in [-0.2, -0.15) is 0 Å². The third kappa shape index (κ3) is 6.52. The van der Waals surface area contributed by atoms with Crippen LogP contribution in [0.1, 0.15) is 34.4 Å². The predicted octanol–water partition coefficient (Wildman–Crippen LogP) is 5.56. The van der Waals surface area contributed by atoms with Crippen LogP contribution in [0.25, 0.3) is 0 Å². The number of aromatic nitrogens is 1. The van der Waals surface area contributed by atoms with Gasteiger partial charge in [-0.3, -0.25) is 9.69 Å². The average molecular weight is 460 g/mol. The second-order valence-electron chi connectivity index (χ2n) is 7.82. The molecule has 34 heavy (non-hydrogen) atoms. The van der Waals surface area contributed by atoms with Crippen LogP contribution in [0.2, 0.25) is 0 Å². The minimum absolute atomic E-state index is 0.247. The summed E-state index contributed by atoms with van der Waals surface area (Å²) >= 11 is 0. The van der Waals surface area contributed by atoms with Crippen molar-refractivity contribution >= 4 is 5.91 Å². The third-order valence-corrected chi connectivity index (χ3v) is 5.08. The number of nitrogens with zero attached hydrogens (tertiary/aromatic N) is 2. The lowest BCUT2D eigenvalue weighted by Gasteiger charge is -2.21. The zero-order chi connectivity index (χ0) is 23.8. The molecule has 0 aliphatic rings. The van der Waals surface area contributed by atoms with E-state index in [9.17, 15) is 9.18 Å². The average Bonchev–Trinajstić information content (AvgIpc) is 3.30. The summed E-state index contributed by atoms with van der Waals surface area (Å²) in [6, 6.07) is 23.9. The minimum atomic E-state index is -0.277. The van der Waals surface area contributed by atoms with Crippen LogP contribution in [0.3, 0.4) is 0 Å². The van der Waals surface area contributed by atoms with Crippen molar-refractivity contribution in [2.24, 2.45) is 0 Å². The molecule has 0 radical (unpaired) electrons. The smallest absolute Gasteiger partial charge is 0.273 e. The van der Waals surface area contributed by atoms with Gasteiger partial charge in [-0.25, -0.2) is 9.37 Å². The molecule has 4 rings (SSSR count). The SMILES string of the molecule is CCNC(=O)c1coc(CN(Cc2ccc(F)cc2)Cc2cccc(Oc3ccccc3)c2)n1. The van der Waals surface area contributed by atoms with Gasteiger partial charge in [0.05, 0.1) is 6.54 Å². The number of nitrogens with one attached hydrogen (secondary N) is 1. The van der Waals surface area contributed by atoms with E-state index in [1.807, 2.05) is 61.5 Å². The number of benzene rings is 3. The first kappa shape index (κ1) is 23.2. The Hall–Kier alpha value is -3.97. The van der Waals surface area contributed by atoms with Gasteiger partial charge in [0, 0.05) is 19.6 Å². The molecule has 7 heteroatoms. The minimum Gasteiger partial charge on any atom is -0.457 e. The number of hydrogen-bond donors (Lipinski definition) is 1. The van der Waals surface area contributed by atoms with E-state index in [4.69, 9.17) is 9.15 Å². The van der Waals surface area contributed by atoms with Crippen molar-refractivity contribution in [3.8, 4) is 11.5 Å². The lowest BCUT2D eigenvalue weighted by Crippen LogP contribution is -2.24. The van der Waals surface area contributed by atoms with Crippen molar-refractivity contribution < 1.29 is 18.3 Å². The Morgan fingerprint density at radius 1 is 0.941 bits per heavy atom. The molecule has 0 fully saturated rings. The van der Waals surface area contributed by atoms with Gasteiger partial charge in [0.2, 0.25) is 5.89 Å². The Labute approximate surface area is 198 Å². The van der Waals surface area contributed by atoms with E-state index in [2.05, 4.69) is 15.2 Å². The normalized spacial score (nSPS) is 10.9. The molecule has 1 amide bonds. The van der Waals surface area contributed by atoms with Gasteiger partial charge in [-0.05, 0) is 54.4 Å². The largest absolute Gasteiger partial charge is 0.457 e. The highest BCUT2D eigenvalue weighted by Gasteiger charge is 2.16. The predicted molar refractivity (Wildman–Crippen MR) is 127 cm³/mol. The van der Waals surface area contributed by atoms with Gasteiger partial charge in [0.25, 0.3) is 5.91 Å². The number of para-hydroxylation sites is 1. The fourth-order valence-electron chi connectivity index (χ4n) is 3.54. The topological polar surface area (TPSA) is 67.6 Å². The zero-order valence-corrected chi connectivity index (χ0v) is 18.9. The highest BCUT2D eigenvalue weighted by molar-refractivity contribution is 5.91. The summed E-state index contributed by atoms with van der Waals surface area (Å²) in [5.41, 5.74) is 2.23. The highest BCUT2D eigenvalue weighted by Crippen LogP contribution is 2.23. The van der Waals surface area contributed by atoms with E-state index in [1.165, 1.54) is 18.4 Å². The van der Waals surface area contributed by atoms with E-state index in [0.717, 1.165) is 22.6 Å². The van der Waals surface area contributed by atoms with E-state index in [0.29, 0.717) is 32.1 Å². The summed E-state index contributed by atoms with van der Waals surface area (Å²) in [5.74, 6) is 1.38. The number of halogens is 1. The summed E-state index contributed by atoms with van der Waals surface area (Å²) < 4.78 is 24.9. The van der Waals surface area contributed by atoms with Crippen molar-refractivity contribution in [3.63, 3.8) is 0 Å². The van der Waals surface area contributed by atoms with E-state index in [-0.39, 0.29) is 17.4 Å². The van der Waals surface area contributed by atoms with Crippen molar-refractivity contribution in [2.45, 2.75) is 26.6 Å². The Bertz CT molecular complexity index is 1210. The maximum Gasteiger partial charge on any atom is 0.273 e. The summed E-state index contributed by atoms with van der Waals surface area (Å²) in [6.07, 6.45) is 1.37. The number of oxazole rings is 1. The summed E-state index contributed by atoms with van der Waals surface area (Å²) in [4.78, 5) is 18.5. The van der Waals surface area contributed by atoms with Gasteiger partial charge in [0.1, 0.15) is 23.6 Å². The van der Waals surface area contributed by atoms with Crippen LogP contribution in [0.5, 0.6) is 11.5 Å². The van der Waals surface area contributed by atoms with Crippen LogP contribution < -0.4 is 10.1 Å². The lowest BCUT2D eigenvalue weighted by molar-refractivity contribution is 0.0950. The third-order valence-electron chi connectivity index (χ3n) is 5.08. The maximum absolute atomic E-state index is 13.4. The molecule has 0 unspecified atom stereocenters. The van der Waals surface area contributed by atoms with Crippen LogP contribution >= 0.6 is 0 Å². The van der Waals surface area contributed by atoms with Crippen LogP contribution in [0, 0.1) is 5.82 Å². The monoisotopic (exact) mass is 459 g/mol. The highest BCUT2D eigenvalue weighted by atomic mass is 19.1. The number of amides is 1. The van der Waals surface area contributed by atoms with Gasteiger partial charge in [0.15, 0.2) is 5.69 Å². The van der Waals surface area contributed by atoms with Crippen molar-refractivity contribution in [1.29, 1.82) is 0 Å². The molecule has 0 saturated heterocycles. The van der Waals surface area contributed by atoms with Crippen LogP contribution in [0.15, 0.2) is 89.5 Å². The zero-order valence-electron chi connectivity index (χ0n) is 18.9. The van der Waals surface area contributed by atoms with Gasteiger partial charge in [-0.1, -0.05) is 42.5 Å². The van der Waals surface area contributed by atoms with Gasteiger partial charge in [-0.15, -0.1) is 0 Å². The second-order valence-corrected chi connectivity index (χ2v) is 7.82. The molecule has 1 aromatic heterocycles. The quantitative estimate of drug-likeness (QED) is 0.336. The second kappa shape index (κ2) is 11.2. The Balaban J connectivity index is 1.51. The molecule has 1 heterocycles. The first-order chi connectivity index (χ1) is 16.6. The molecule has 174 valence electrons. The van der Waals surface area contributed by atoms with Crippen molar-refractivity contribution in [1.82, 2.24) is 15.2 Å². The summed E-state index contributed by atoms with van der Waals surface area (Å²) in [7, 11) is 0. The number of carbonyl (C=O) groups excluding carboxylic acids is 1. The molecule has 6 nitrogen and oxygen atoms in total. The summed E-state index contributed by atoms with van der Waals surface area (Å²) in [5, 5.41) is 2.72. The van der Waals surface area contributed by atoms with Crippen molar-refractivity contribution in [2.75, 3.05) is 6.54 Å². The van der Waals surface area contributed by atoms with Gasteiger partial charge < -0.3 is 14.5 Å². The number of rotatable bonds is 10. The standard InChI is InChI=1S/C27H26FN3O3/c1-2-29-27(32)25-19-33-26(30-25)18-31(16-20-11-13-22(28)14-12-20)17-21-7-6-10-24(15-21)34-23-8-4-3-5-9-23/h3-15,19H,2,16-18H2,1H3,(H,29,32). The Morgan fingerprint density at radius 2 is 1.68 bits per heavy atom. The fraction of sp³-hybridized carbons (Fsp3) is 0.185. The molecule has 0 atom stereocenters. The molecule has 0 aliphatic heterocycles. The van der Waals surface area contributed by atoms with Crippen LogP contribution in [0.4, 0.5) is 4.39 Å². The van der Waals surface area contributed by atoms with E-state index < -0.39 is 0 Å². The molecule has 0 bridgehead atoms. The Kier molecular flexibility index (Phi) is 7.67. The maximum atomic E-state index is 13.4. The molecule has 0 spiro atoms. The van der Waals surface area contributed by atoms with Crippen LogP contribution in [-0.2, 0) is 19.6 Å². The molecule has 3 aromatic carbocycles. The van der Waals surface area contributed by atoms with Crippen molar-refractivity contribution in [3.05, 3.63) is 114 Å². The molecular weight excluding hydrogens is 433 g/mol. The van der Waals surface area contributed by atoms with E-state index >= 15 is 0 Å². The first-order valence-corrected chi connectivity index (χ1v) is 11.1. The molecule has 0 aliphatic carbocycles. The number of hydrogen-bond acceptors (Lipinski definition) is 5. The molecule has 0 saturated carbocycles. The van der Waals surface area contributed by atoms with E-state index in [1.54, 1.807) is 12.1 Å². The van der Waals surface area contributed by atoms with Gasteiger partial charge >= 0.3 is 0 Å².